The normalized spacial score (nSPS) is 22.4. The molecule has 1 N–H and O–H groups in total. The summed E-state index contributed by atoms with van der Waals surface area (Å²) in [7, 11) is 1.67. The number of carbonyl (C=O) groups is 1. The lowest BCUT2D eigenvalue weighted by Gasteiger charge is -2.13. The van der Waals surface area contributed by atoms with Crippen LogP contribution >= 0.6 is 0 Å². The number of methoxy groups -OCH3 is 1. The summed E-state index contributed by atoms with van der Waals surface area (Å²) < 4.78 is 5.26. The van der Waals surface area contributed by atoms with Crippen LogP contribution in [0.15, 0.2) is 18.2 Å². The Morgan fingerprint density at radius 2 is 2.05 bits per heavy atom. The van der Waals surface area contributed by atoms with Gasteiger partial charge in [-0.05, 0) is 42.5 Å². The Labute approximate surface area is 114 Å². The Morgan fingerprint density at radius 1 is 1.26 bits per heavy atom. The van der Waals surface area contributed by atoms with Crippen LogP contribution in [0.1, 0.15) is 50.0 Å². The van der Waals surface area contributed by atoms with Gasteiger partial charge in [-0.2, -0.15) is 0 Å². The molecule has 0 saturated heterocycles. The minimum atomic E-state index is 0.0192. The average Bonchev–Trinajstić information content (AvgIpc) is 3.03. The molecule has 2 aliphatic rings. The molecule has 1 aliphatic heterocycles. The fraction of sp³-hybridized carbons (Fsp3) is 0.562. The van der Waals surface area contributed by atoms with Crippen molar-refractivity contribution in [3.05, 3.63) is 23.8 Å². The number of rotatable bonds is 4. The van der Waals surface area contributed by atoms with Crippen LogP contribution in [0.25, 0.3) is 0 Å². The first-order valence-corrected chi connectivity index (χ1v) is 7.26. The van der Waals surface area contributed by atoms with Gasteiger partial charge < -0.3 is 10.1 Å². The summed E-state index contributed by atoms with van der Waals surface area (Å²) >= 11 is 0. The van der Waals surface area contributed by atoms with Crippen molar-refractivity contribution >= 4 is 11.6 Å². The number of amides is 1. The summed E-state index contributed by atoms with van der Waals surface area (Å²) in [5.41, 5.74) is 2.07. The second-order valence-corrected chi connectivity index (χ2v) is 5.72. The van der Waals surface area contributed by atoms with Crippen LogP contribution in [0.2, 0.25) is 0 Å². The lowest BCUT2D eigenvalue weighted by molar-refractivity contribution is -0.117. The number of nitrogens with one attached hydrogen (secondary N) is 1. The standard InChI is InChI=1S/C16H21NO2/c1-19-12-7-9-15-14(10-12)13(16(18)17-15)8-6-11-4-2-3-5-11/h7,9-11,13H,2-6,8H2,1H3,(H,17,18). The van der Waals surface area contributed by atoms with Gasteiger partial charge in [0, 0.05) is 5.69 Å². The summed E-state index contributed by atoms with van der Waals surface area (Å²) in [4.78, 5) is 12.1. The molecule has 0 spiro atoms. The summed E-state index contributed by atoms with van der Waals surface area (Å²) in [6, 6.07) is 5.85. The molecule has 0 bridgehead atoms. The molecule has 1 aromatic carbocycles. The number of anilines is 1. The van der Waals surface area contributed by atoms with Crippen LogP contribution in [0.5, 0.6) is 5.75 Å². The van der Waals surface area contributed by atoms with Crippen molar-refractivity contribution in [1.82, 2.24) is 0 Å². The highest BCUT2D eigenvalue weighted by molar-refractivity contribution is 6.03. The van der Waals surface area contributed by atoms with Gasteiger partial charge in [0.2, 0.25) is 5.91 Å². The van der Waals surface area contributed by atoms with Gasteiger partial charge in [-0.25, -0.2) is 0 Å². The number of ether oxygens (including phenoxy) is 1. The zero-order valence-electron chi connectivity index (χ0n) is 11.4. The van der Waals surface area contributed by atoms with E-state index in [1.165, 1.54) is 32.1 Å². The number of fused-ring (bicyclic) bond motifs is 1. The molecule has 1 aliphatic carbocycles. The Kier molecular flexibility index (Phi) is 3.45. The van der Waals surface area contributed by atoms with E-state index in [1.54, 1.807) is 7.11 Å². The summed E-state index contributed by atoms with van der Waals surface area (Å²) in [5, 5.41) is 2.98. The van der Waals surface area contributed by atoms with E-state index in [-0.39, 0.29) is 11.8 Å². The molecule has 0 aromatic heterocycles. The third kappa shape index (κ3) is 2.46. The highest BCUT2D eigenvalue weighted by Gasteiger charge is 2.31. The molecule has 1 fully saturated rings. The van der Waals surface area contributed by atoms with E-state index in [0.717, 1.165) is 29.3 Å². The fourth-order valence-electron chi connectivity index (χ4n) is 3.42. The topological polar surface area (TPSA) is 38.3 Å². The Balaban J connectivity index is 1.73. The Bertz CT molecular complexity index is 478. The molecule has 1 heterocycles. The van der Waals surface area contributed by atoms with Gasteiger partial charge in [0.25, 0.3) is 0 Å². The summed E-state index contributed by atoms with van der Waals surface area (Å²) in [6.07, 6.45) is 7.57. The first-order chi connectivity index (χ1) is 9.28. The Morgan fingerprint density at radius 3 is 2.79 bits per heavy atom. The second kappa shape index (κ2) is 5.24. The smallest absolute Gasteiger partial charge is 0.232 e. The molecule has 3 nitrogen and oxygen atoms in total. The molecule has 1 amide bonds. The maximum Gasteiger partial charge on any atom is 0.232 e. The summed E-state index contributed by atoms with van der Waals surface area (Å²) in [6.45, 7) is 0. The van der Waals surface area contributed by atoms with Crippen molar-refractivity contribution in [3.63, 3.8) is 0 Å². The zero-order chi connectivity index (χ0) is 13.2. The van der Waals surface area contributed by atoms with E-state index in [1.807, 2.05) is 18.2 Å². The predicted octanol–water partition coefficient (Wildman–Crippen LogP) is 3.70. The zero-order valence-corrected chi connectivity index (χ0v) is 11.4. The molecule has 3 heteroatoms. The maximum absolute atomic E-state index is 12.1. The molecule has 1 saturated carbocycles. The van der Waals surface area contributed by atoms with Crippen molar-refractivity contribution in [2.24, 2.45) is 5.92 Å². The number of hydrogen-bond acceptors (Lipinski definition) is 2. The van der Waals surface area contributed by atoms with Crippen molar-refractivity contribution in [2.75, 3.05) is 12.4 Å². The molecule has 1 aromatic rings. The van der Waals surface area contributed by atoms with E-state index in [2.05, 4.69) is 5.32 Å². The SMILES string of the molecule is COc1ccc2c(c1)C(CCC1CCCC1)C(=O)N2. The summed E-state index contributed by atoms with van der Waals surface area (Å²) in [5.74, 6) is 1.84. The van der Waals surface area contributed by atoms with E-state index < -0.39 is 0 Å². The van der Waals surface area contributed by atoms with Gasteiger partial charge in [0.05, 0.1) is 13.0 Å². The molecular formula is C16H21NO2. The third-order valence-corrected chi connectivity index (χ3v) is 4.55. The fourth-order valence-corrected chi connectivity index (χ4v) is 3.42. The van der Waals surface area contributed by atoms with E-state index in [9.17, 15) is 4.79 Å². The van der Waals surface area contributed by atoms with Gasteiger partial charge in [0.1, 0.15) is 5.75 Å². The number of benzene rings is 1. The van der Waals surface area contributed by atoms with Crippen molar-refractivity contribution in [3.8, 4) is 5.75 Å². The largest absolute Gasteiger partial charge is 0.497 e. The molecule has 1 unspecified atom stereocenters. The number of carbonyl (C=O) groups excluding carboxylic acids is 1. The van der Waals surface area contributed by atoms with Gasteiger partial charge in [-0.1, -0.05) is 25.7 Å². The van der Waals surface area contributed by atoms with E-state index >= 15 is 0 Å². The maximum atomic E-state index is 12.1. The molecule has 3 rings (SSSR count). The van der Waals surface area contributed by atoms with E-state index in [0.29, 0.717) is 0 Å². The molecular weight excluding hydrogens is 238 g/mol. The van der Waals surface area contributed by atoms with Crippen molar-refractivity contribution in [2.45, 2.75) is 44.4 Å². The van der Waals surface area contributed by atoms with Crippen molar-refractivity contribution in [1.29, 1.82) is 0 Å². The van der Waals surface area contributed by atoms with Crippen LogP contribution in [0.3, 0.4) is 0 Å². The monoisotopic (exact) mass is 259 g/mol. The minimum absolute atomic E-state index is 0.0192. The first-order valence-electron chi connectivity index (χ1n) is 7.26. The van der Waals surface area contributed by atoms with Crippen LogP contribution in [0, 0.1) is 5.92 Å². The first kappa shape index (κ1) is 12.5. The van der Waals surface area contributed by atoms with Crippen LogP contribution in [-0.2, 0) is 4.79 Å². The van der Waals surface area contributed by atoms with Crippen LogP contribution in [-0.4, -0.2) is 13.0 Å². The highest BCUT2D eigenvalue weighted by atomic mass is 16.5. The van der Waals surface area contributed by atoms with Gasteiger partial charge in [-0.15, -0.1) is 0 Å². The predicted molar refractivity (Wildman–Crippen MR) is 75.6 cm³/mol. The average molecular weight is 259 g/mol. The van der Waals surface area contributed by atoms with Gasteiger partial charge in [-0.3, -0.25) is 4.79 Å². The van der Waals surface area contributed by atoms with Gasteiger partial charge >= 0.3 is 0 Å². The number of hydrogen-bond donors (Lipinski definition) is 1. The third-order valence-electron chi connectivity index (χ3n) is 4.55. The highest BCUT2D eigenvalue weighted by Crippen LogP contribution is 2.39. The van der Waals surface area contributed by atoms with Crippen molar-refractivity contribution < 1.29 is 9.53 Å². The lowest BCUT2D eigenvalue weighted by atomic mass is 9.90. The van der Waals surface area contributed by atoms with Crippen LogP contribution in [0.4, 0.5) is 5.69 Å². The lowest BCUT2D eigenvalue weighted by Crippen LogP contribution is -2.13. The molecule has 102 valence electrons. The Hall–Kier alpha value is -1.51. The van der Waals surface area contributed by atoms with Crippen LogP contribution < -0.4 is 10.1 Å². The molecule has 19 heavy (non-hydrogen) atoms. The minimum Gasteiger partial charge on any atom is -0.497 e. The second-order valence-electron chi connectivity index (χ2n) is 5.72. The van der Waals surface area contributed by atoms with E-state index in [4.69, 9.17) is 4.74 Å². The quantitative estimate of drug-likeness (QED) is 0.895. The van der Waals surface area contributed by atoms with Gasteiger partial charge in [0.15, 0.2) is 0 Å². The molecule has 0 radical (unpaired) electrons. The molecule has 1 atom stereocenters.